The summed E-state index contributed by atoms with van der Waals surface area (Å²) in [6, 6.07) is 4.79. The van der Waals surface area contributed by atoms with Gasteiger partial charge in [0.1, 0.15) is 11.4 Å². The zero-order valence-electron chi connectivity index (χ0n) is 13.0. The van der Waals surface area contributed by atoms with E-state index in [9.17, 15) is 13.2 Å². The molecule has 0 spiro atoms. The summed E-state index contributed by atoms with van der Waals surface area (Å²) in [5.74, 6) is 0.620. The molecule has 1 aliphatic rings. The first-order valence-electron chi connectivity index (χ1n) is 7.03. The van der Waals surface area contributed by atoms with Gasteiger partial charge in [-0.1, -0.05) is 5.16 Å². The summed E-state index contributed by atoms with van der Waals surface area (Å²) in [4.78, 5) is 12.1. The number of hydrogen-bond acceptors (Lipinski definition) is 6. The Balaban J connectivity index is 2.19. The number of carbonyl (C=O) groups excluding carboxylic acids is 1. The molecule has 0 bridgehead atoms. The summed E-state index contributed by atoms with van der Waals surface area (Å²) in [7, 11) is -2.39. The molecule has 1 aliphatic heterocycles. The van der Waals surface area contributed by atoms with E-state index in [0.717, 1.165) is 0 Å². The minimum Gasteiger partial charge on any atom is -0.497 e. The number of anilines is 1. The molecule has 0 saturated heterocycles. The van der Waals surface area contributed by atoms with Gasteiger partial charge >= 0.3 is 0 Å². The average Bonchev–Trinajstić information content (AvgIpc) is 2.86. The minimum absolute atomic E-state index is 0.0422. The molecule has 0 amide bonds. The normalized spacial score (nSPS) is 14.7. The Bertz CT molecular complexity index is 866. The third kappa shape index (κ3) is 2.39. The van der Waals surface area contributed by atoms with Crippen LogP contribution < -0.4 is 9.04 Å². The lowest BCUT2D eigenvalue weighted by Gasteiger charge is -2.29. The number of rotatable bonds is 3. The van der Waals surface area contributed by atoms with E-state index in [4.69, 9.17) is 9.26 Å². The molecule has 23 heavy (non-hydrogen) atoms. The van der Waals surface area contributed by atoms with Gasteiger partial charge in [0.05, 0.1) is 12.8 Å². The first-order valence-corrected chi connectivity index (χ1v) is 8.47. The molecule has 7 nitrogen and oxygen atoms in total. The summed E-state index contributed by atoms with van der Waals surface area (Å²) in [5, 5.41) is 3.71. The van der Waals surface area contributed by atoms with E-state index in [1.165, 1.54) is 11.4 Å². The molecule has 1 aromatic heterocycles. The van der Waals surface area contributed by atoms with E-state index in [0.29, 0.717) is 22.7 Å². The maximum atomic E-state index is 13.0. The lowest BCUT2D eigenvalue weighted by Crippen LogP contribution is -2.37. The zero-order valence-corrected chi connectivity index (χ0v) is 13.8. The average molecular weight is 336 g/mol. The fourth-order valence-electron chi connectivity index (χ4n) is 2.74. The fraction of sp³-hybridized carbons (Fsp3) is 0.333. The fourth-order valence-corrected chi connectivity index (χ4v) is 4.51. The summed E-state index contributed by atoms with van der Waals surface area (Å²) >= 11 is 0. The van der Waals surface area contributed by atoms with E-state index in [1.807, 2.05) is 0 Å². The second kappa shape index (κ2) is 5.38. The Morgan fingerprint density at radius 1 is 1.30 bits per heavy atom. The van der Waals surface area contributed by atoms with Gasteiger partial charge in [-0.2, -0.15) is 0 Å². The van der Waals surface area contributed by atoms with E-state index in [1.54, 1.807) is 32.0 Å². The topological polar surface area (TPSA) is 89.7 Å². The summed E-state index contributed by atoms with van der Waals surface area (Å²) in [6.07, 6.45) is 0.127. The number of hydrogen-bond donors (Lipinski definition) is 0. The Labute approximate surface area is 133 Å². The van der Waals surface area contributed by atoms with E-state index in [-0.39, 0.29) is 29.4 Å². The predicted molar refractivity (Wildman–Crippen MR) is 82.5 cm³/mol. The minimum atomic E-state index is -3.87. The number of sulfonamides is 1. The number of nitrogens with zero attached hydrogens (tertiary/aromatic N) is 2. The third-order valence-corrected chi connectivity index (χ3v) is 5.89. The van der Waals surface area contributed by atoms with E-state index in [2.05, 4.69) is 5.16 Å². The second-order valence-corrected chi connectivity index (χ2v) is 7.09. The van der Waals surface area contributed by atoms with Crippen molar-refractivity contribution < 1.29 is 22.5 Å². The van der Waals surface area contributed by atoms with Gasteiger partial charge in [-0.05, 0) is 26.0 Å². The first kappa shape index (κ1) is 15.5. The van der Waals surface area contributed by atoms with E-state index >= 15 is 0 Å². The maximum absolute atomic E-state index is 13.0. The molecule has 2 aromatic rings. The molecule has 2 heterocycles. The van der Waals surface area contributed by atoms with Gasteiger partial charge in [0.15, 0.2) is 16.4 Å². The molecule has 122 valence electrons. The van der Waals surface area contributed by atoms with Crippen LogP contribution >= 0.6 is 0 Å². The molecule has 1 aromatic carbocycles. The number of benzene rings is 1. The number of Topliss-reactive ketones (excluding diaryl/α,β-unsaturated/α-hetero) is 1. The van der Waals surface area contributed by atoms with Crippen LogP contribution in [0.4, 0.5) is 5.69 Å². The first-order chi connectivity index (χ1) is 10.9. The predicted octanol–water partition coefficient (Wildman–Crippen LogP) is 2.08. The van der Waals surface area contributed by atoms with Gasteiger partial charge in [-0.25, -0.2) is 8.42 Å². The number of ketones is 1. The maximum Gasteiger partial charge on any atom is 0.269 e. The van der Waals surface area contributed by atoms with Gasteiger partial charge in [0.25, 0.3) is 10.0 Å². The van der Waals surface area contributed by atoms with Crippen molar-refractivity contribution in [2.45, 2.75) is 25.2 Å². The number of aromatic nitrogens is 1. The van der Waals surface area contributed by atoms with Crippen LogP contribution in [0.5, 0.6) is 5.75 Å². The quantitative estimate of drug-likeness (QED) is 0.852. The SMILES string of the molecule is COc1ccc2c(c1)N(S(=O)(=O)c1c(C)noc1C)CCC2=O. The highest BCUT2D eigenvalue weighted by Gasteiger charge is 2.36. The monoisotopic (exact) mass is 336 g/mol. The van der Waals surface area contributed by atoms with Crippen molar-refractivity contribution in [1.29, 1.82) is 0 Å². The van der Waals surface area contributed by atoms with Gasteiger partial charge in [-0.15, -0.1) is 0 Å². The van der Waals surface area contributed by atoms with Crippen molar-refractivity contribution >= 4 is 21.5 Å². The molecule has 0 fully saturated rings. The Morgan fingerprint density at radius 2 is 2.04 bits per heavy atom. The van der Waals surface area contributed by atoms with Gasteiger partial charge in [-0.3, -0.25) is 9.10 Å². The van der Waals surface area contributed by atoms with Gasteiger partial charge in [0, 0.05) is 24.6 Å². The van der Waals surface area contributed by atoms with Crippen molar-refractivity contribution in [3.8, 4) is 5.75 Å². The van der Waals surface area contributed by atoms with E-state index < -0.39 is 10.0 Å². The summed E-state index contributed by atoms with van der Waals surface area (Å²) in [5.41, 5.74) is 0.983. The third-order valence-electron chi connectivity index (χ3n) is 3.83. The summed E-state index contributed by atoms with van der Waals surface area (Å²) < 4.78 is 37.4. The number of fused-ring (bicyclic) bond motifs is 1. The molecule has 0 saturated carbocycles. The van der Waals surface area contributed by atoms with Crippen LogP contribution in [0.15, 0.2) is 27.6 Å². The molecule has 0 aliphatic carbocycles. The van der Waals surface area contributed by atoms with Crippen molar-refractivity contribution in [3.63, 3.8) is 0 Å². The molecule has 0 N–H and O–H groups in total. The highest BCUT2D eigenvalue weighted by molar-refractivity contribution is 7.93. The van der Waals surface area contributed by atoms with Crippen LogP contribution in [0.3, 0.4) is 0 Å². The largest absolute Gasteiger partial charge is 0.497 e. The van der Waals surface area contributed by atoms with Crippen LogP contribution in [0.1, 0.15) is 28.2 Å². The Morgan fingerprint density at radius 3 is 2.65 bits per heavy atom. The molecule has 8 heteroatoms. The smallest absolute Gasteiger partial charge is 0.269 e. The van der Waals surface area contributed by atoms with Gasteiger partial charge in [0.2, 0.25) is 0 Å². The zero-order chi connectivity index (χ0) is 16.8. The second-order valence-electron chi connectivity index (χ2n) is 5.29. The van der Waals surface area contributed by atoms with Crippen molar-refractivity contribution in [2.75, 3.05) is 18.0 Å². The molecule has 3 rings (SSSR count). The molecule has 0 unspecified atom stereocenters. The Hall–Kier alpha value is -2.35. The van der Waals surface area contributed by atoms with Crippen LogP contribution in [0, 0.1) is 13.8 Å². The van der Waals surface area contributed by atoms with Crippen molar-refractivity contribution in [3.05, 3.63) is 35.2 Å². The lowest BCUT2D eigenvalue weighted by atomic mass is 10.0. The number of aryl methyl sites for hydroxylation is 2. The highest BCUT2D eigenvalue weighted by Crippen LogP contribution is 2.36. The number of methoxy groups -OCH3 is 1. The summed E-state index contributed by atoms with van der Waals surface area (Å²) in [6.45, 7) is 3.20. The number of ether oxygens (including phenoxy) is 1. The van der Waals surface area contributed by atoms with Crippen LogP contribution in [-0.2, 0) is 10.0 Å². The van der Waals surface area contributed by atoms with Crippen molar-refractivity contribution in [1.82, 2.24) is 5.16 Å². The number of carbonyl (C=O) groups is 1. The van der Waals surface area contributed by atoms with Crippen LogP contribution in [0.2, 0.25) is 0 Å². The van der Waals surface area contributed by atoms with Crippen molar-refractivity contribution in [2.24, 2.45) is 0 Å². The lowest BCUT2D eigenvalue weighted by molar-refractivity contribution is 0.0982. The Kier molecular flexibility index (Phi) is 3.63. The molecule has 0 atom stereocenters. The van der Waals surface area contributed by atoms with Crippen LogP contribution in [0.25, 0.3) is 0 Å². The van der Waals surface area contributed by atoms with Gasteiger partial charge < -0.3 is 9.26 Å². The molecule has 0 radical (unpaired) electrons. The standard InChI is InChI=1S/C15H16N2O5S/c1-9-15(10(2)22-16-9)23(19,20)17-7-6-14(18)12-5-4-11(21-3)8-13(12)17/h4-5,8H,6-7H2,1-3H3. The highest BCUT2D eigenvalue weighted by atomic mass is 32.2. The molecular weight excluding hydrogens is 320 g/mol. The van der Waals surface area contributed by atoms with Crippen LogP contribution in [-0.4, -0.2) is 33.0 Å². The molecular formula is C15H16N2O5S.